The van der Waals surface area contributed by atoms with Crippen LogP contribution in [0.5, 0.6) is 5.88 Å². The molecule has 2 rings (SSSR count). The van der Waals surface area contributed by atoms with Gasteiger partial charge in [-0.15, -0.1) is 0 Å². The van der Waals surface area contributed by atoms with Crippen LogP contribution in [-0.2, 0) is 6.54 Å². The van der Waals surface area contributed by atoms with Gasteiger partial charge in [0.15, 0.2) is 11.7 Å². The largest absolute Gasteiger partial charge is 0.478 e. The molecule has 0 radical (unpaired) electrons. The third-order valence-corrected chi connectivity index (χ3v) is 3.76. The first-order valence-corrected chi connectivity index (χ1v) is 8.09. The molecule has 0 spiro atoms. The van der Waals surface area contributed by atoms with Gasteiger partial charge in [0.1, 0.15) is 0 Å². The van der Waals surface area contributed by atoms with Crippen LogP contribution in [0.3, 0.4) is 0 Å². The molecule has 126 valence electrons. The maximum absolute atomic E-state index is 7.12. The lowest BCUT2D eigenvalue weighted by Crippen LogP contribution is -2.30. The van der Waals surface area contributed by atoms with Gasteiger partial charge < -0.3 is 16.2 Å². The van der Waals surface area contributed by atoms with E-state index in [0.29, 0.717) is 25.5 Å². The Balaban J connectivity index is 1.74. The number of aliphatic imine (C=N–C) groups is 1. The van der Waals surface area contributed by atoms with Crippen LogP contribution < -0.4 is 16.2 Å². The standard InChI is InChI=1S/C16H26N6O/c17-15(18)16(19)21-6-4-10-23-14-11-13(5-7-20-14)12-22-8-2-1-3-9-22/h5,7,11H,1-4,6,8-10,12H2,(H3,17,18)(H2,19,21). The summed E-state index contributed by atoms with van der Waals surface area (Å²) in [5.41, 5.74) is 11.9. The maximum atomic E-state index is 7.12. The van der Waals surface area contributed by atoms with E-state index in [9.17, 15) is 0 Å². The number of nitrogens with zero attached hydrogens (tertiary/aromatic N) is 3. The zero-order valence-electron chi connectivity index (χ0n) is 13.5. The van der Waals surface area contributed by atoms with Crippen LogP contribution in [0.2, 0.25) is 0 Å². The third kappa shape index (κ3) is 6.23. The van der Waals surface area contributed by atoms with E-state index in [0.717, 1.165) is 6.54 Å². The first-order chi connectivity index (χ1) is 11.1. The number of hydrogen-bond acceptors (Lipinski definition) is 5. The summed E-state index contributed by atoms with van der Waals surface area (Å²) in [6, 6.07) is 4.04. The Morgan fingerprint density at radius 3 is 2.83 bits per heavy atom. The van der Waals surface area contributed by atoms with Crippen molar-refractivity contribution in [3.8, 4) is 5.88 Å². The highest BCUT2D eigenvalue weighted by atomic mass is 16.5. The summed E-state index contributed by atoms with van der Waals surface area (Å²) in [5.74, 6) is 0.521. The van der Waals surface area contributed by atoms with Gasteiger partial charge in [0.2, 0.25) is 5.88 Å². The summed E-state index contributed by atoms with van der Waals surface area (Å²) < 4.78 is 5.65. The number of piperidine rings is 1. The van der Waals surface area contributed by atoms with Crippen molar-refractivity contribution in [1.29, 1.82) is 5.41 Å². The number of aromatic nitrogens is 1. The van der Waals surface area contributed by atoms with Crippen LogP contribution in [0.4, 0.5) is 0 Å². The first kappa shape index (κ1) is 17.2. The SMILES string of the molecule is N=C(N)C(N)=NCCCOc1cc(CN2CCCCC2)ccn1. The lowest BCUT2D eigenvalue weighted by molar-refractivity contribution is 0.220. The molecule has 0 atom stereocenters. The van der Waals surface area contributed by atoms with E-state index in [1.165, 1.54) is 37.9 Å². The minimum Gasteiger partial charge on any atom is -0.478 e. The molecule has 0 amide bonds. The van der Waals surface area contributed by atoms with Crippen molar-refractivity contribution in [3.05, 3.63) is 23.9 Å². The molecule has 0 aromatic carbocycles. The minimum atomic E-state index is -0.196. The molecule has 1 aliphatic rings. The van der Waals surface area contributed by atoms with Gasteiger partial charge in [0, 0.05) is 31.8 Å². The fraction of sp³-hybridized carbons (Fsp3) is 0.562. The summed E-state index contributed by atoms with van der Waals surface area (Å²) in [6.45, 7) is 4.30. The predicted molar refractivity (Wildman–Crippen MR) is 91.9 cm³/mol. The molecular weight excluding hydrogens is 292 g/mol. The third-order valence-electron chi connectivity index (χ3n) is 3.76. The summed E-state index contributed by atoms with van der Waals surface area (Å²) in [4.78, 5) is 10.7. The van der Waals surface area contributed by atoms with Crippen molar-refractivity contribution in [2.75, 3.05) is 26.2 Å². The maximum Gasteiger partial charge on any atom is 0.213 e. The second kappa shape index (κ2) is 9.09. The zero-order chi connectivity index (χ0) is 16.5. The lowest BCUT2D eigenvalue weighted by atomic mass is 10.1. The lowest BCUT2D eigenvalue weighted by Gasteiger charge is -2.26. The normalized spacial score (nSPS) is 16.3. The van der Waals surface area contributed by atoms with Crippen molar-refractivity contribution in [3.63, 3.8) is 0 Å². The van der Waals surface area contributed by atoms with Gasteiger partial charge in [-0.25, -0.2) is 4.98 Å². The van der Waals surface area contributed by atoms with Crippen LogP contribution in [0, 0.1) is 5.41 Å². The molecule has 7 nitrogen and oxygen atoms in total. The molecule has 5 N–H and O–H groups in total. The molecule has 0 bridgehead atoms. The van der Waals surface area contributed by atoms with Crippen molar-refractivity contribution in [2.24, 2.45) is 16.5 Å². The smallest absolute Gasteiger partial charge is 0.213 e. The molecule has 1 aromatic heterocycles. The summed E-state index contributed by atoms with van der Waals surface area (Å²) >= 11 is 0. The molecular formula is C16H26N6O. The van der Waals surface area contributed by atoms with Gasteiger partial charge in [-0.2, -0.15) is 0 Å². The fourth-order valence-corrected chi connectivity index (χ4v) is 2.53. The van der Waals surface area contributed by atoms with Crippen molar-refractivity contribution < 1.29 is 4.74 Å². The number of likely N-dealkylation sites (tertiary alicyclic amines) is 1. The highest BCUT2D eigenvalue weighted by molar-refractivity contribution is 6.37. The minimum absolute atomic E-state index is 0.0756. The molecule has 1 saturated heterocycles. The van der Waals surface area contributed by atoms with Gasteiger partial charge in [-0.3, -0.25) is 15.3 Å². The van der Waals surface area contributed by atoms with E-state index in [-0.39, 0.29) is 11.7 Å². The molecule has 1 aliphatic heterocycles. The average molecular weight is 318 g/mol. The van der Waals surface area contributed by atoms with Gasteiger partial charge in [-0.1, -0.05) is 6.42 Å². The first-order valence-electron chi connectivity index (χ1n) is 8.09. The van der Waals surface area contributed by atoms with Crippen LogP contribution in [-0.4, -0.2) is 47.8 Å². The molecule has 0 unspecified atom stereocenters. The highest BCUT2D eigenvalue weighted by Gasteiger charge is 2.10. The Morgan fingerprint density at radius 2 is 2.09 bits per heavy atom. The second-order valence-electron chi connectivity index (χ2n) is 5.72. The predicted octanol–water partition coefficient (Wildman–Crippen LogP) is 1.13. The molecule has 0 saturated carbocycles. The monoisotopic (exact) mass is 318 g/mol. The van der Waals surface area contributed by atoms with E-state index >= 15 is 0 Å². The van der Waals surface area contributed by atoms with Crippen LogP contribution >= 0.6 is 0 Å². The molecule has 0 aliphatic carbocycles. The topological polar surface area (TPSA) is 114 Å². The molecule has 23 heavy (non-hydrogen) atoms. The van der Waals surface area contributed by atoms with Crippen LogP contribution in [0.15, 0.2) is 23.3 Å². The molecule has 7 heteroatoms. The van der Waals surface area contributed by atoms with Gasteiger partial charge in [0.25, 0.3) is 0 Å². The number of ether oxygens (including phenoxy) is 1. The van der Waals surface area contributed by atoms with Crippen LogP contribution in [0.1, 0.15) is 31.2 Å². The average Bonchev–Trinajstić information content (AvgIpc) is 2.55. The highest BCUT2D eigenvalue weighted by Crippen LogP contribution is 2.15. The Labute approximate surface area is 137 Å². The number of pyridine rings is 1. The zero-order valence-corrected chi connectivity index (χ0v) is 13.5. The number of amidine groups is 2. The van der Waals surface area contributed by atoms with E-state index < -0.39 is 0 Å². The van der Waals surface area contributed by atoms with Gasteiger partial charge >= 0.3 is 0 Å². The Morgan fingerprint density at radius 1 is 1.30 bits per heavy atom. The number of rotatable bonds is 7. The second-order valence-corrected chi connectivity index (χ2v) is 5.72. The van der Waals surface area contributed by atoms with Crippen molar-refractivity contribution in [2.45, 2.75) is 32.2 Å². The number of hydrogen-bond donors (Lipinski definition) is 3. The van der Waals surface area contributed by atoms with Gasteiger partial charge in [-0.05, 0) is 37.6 Å². The molecule has 2 heterocycles. The Kier molecular flexibility index (Phi) is 6.80. The number of nitrogens with two attached hydrogens (primary N) is 2. The number of nitrogens with one attached hydrogen (secondary N) is 1. The van der Waals surface area contributed by atoms with E-state index in [4.69, 9.17) is 21.6 Å². The quantitative estimate of drug-likeness (QED) is 0.396. The molecule has 1 aromatic rings. The van der Waals surface area contributed by atoms with E-state index in [1.54, 1.807) is 6.20 Å². The van der Waals surface area contributed by atoms with Crippen molar-refractivity contribution in [1.82, 2.24) is 9.88 Å². The fourth-order valence-electron chi connectivity index (χ4n) is 2.53. The summed E-state index contributed by atoms with van der Waals surface area (Å²) in [7, 11) is 0. The Hall–Kier alpha value is -2.15. The van der Waals surface area contributed by atoms with Crippen LogP contribution in [0.25, 0.3) is 0 Å². The van der Waals surface area contributed by atoms with E-state index in [1.807, 2.05) is 12.1 Å². The van der Waals surface area contributed by atoms with Crippen molar-refractivity contribution >= 4 is 11.7 Å². The molecule has 1 fully saturated rings. The summed E-state index contributed by atoms with van der Waals surface area (Å²) in [5, 5.41) is 7.12. The summed E-state index contributed by atoms with van der Waals surface area (Å²) in [6.07, 6.45) is 6.42. The van der Waals surface area contributed by atoms with E-state index in [2.05, 4.69) is 14.9 Å². The Bertz CT molecular complexity index is 539. The van der Waals surface area contributed by atoms with Gasteiger partial charge in [0.05, 0.1) is 6.61 Å².